The summed E-state index contributed by atoms with van der Waals surface area (Å²) in [6.45, 7) is 0. The van der Waals surface area contributed by atoms with Crippen LogP contribution in [0.25, 0.3) is 0 Å². The first-order valence-electron chi connectivity index (χ1n) is 5.75. The van der Waals surface area contributed by atoms with Gasteiger partial charge in [-0.25, -0.2) is 4.39 Å². The van der Waals surface area contributed by atoms with Gasteiger partial charge in [0, 0.05) is 18.5 Å². The molecule has 1 aromatic carbocycles. The molecule has 1 N–H and O–H groups in total. The molecule has 1 amide bonds. The first-order valence-corrected chi connectivity index (χ1v) is 5.75. The lowest BCUT2D eigenvalue weighted by molar-refractivity contribution is -0.126. The van der Waals surface area contributed by atoms with E-state index in [0.717, 1.165) is 5.56 Å². The molecule has 1 saturated carbocycles. The van der Waals surface area contributed by atoms with E-state index in [2.05, 4.69) is 5.32 Å². The van der Waals surface area contributed by atoms with Gasteiger partial charge in [-0.1, -0.05) is 0 Å². The molecular formula is C13H12FNO2. The third-order valence-electron chi connectivity index (χ3n) is 3.84. The van der Waals surface area contributed by atoms with Crippen molar-refractivity contribution in [1.82, 2.24) is 0 Å². The number of ketones is 1. The molecule has 2 aliphatic rings. The molecule has 0 atom stereocenters. The van der Waals surface area contributed by atoms with Crippen molar-refractivity contribution in [2.24, 2.45) is 0 Å². The fraction of sp³-hybridized carbons (Fsp3) is 0.385. The maximum Gasteiger partial charge on any atom is 0.235 e. The van der Waals surface area contributed by atoms with Crippen LogP contribution in [0.5, 0.6) is 0 Å². The fourth-order valence-corrected chi connectivity index (χ4v) is 2.84. The van der Waals surface area contributed by atoms with Crippen LogP contribution in [0.3, 0.4) is 0 Å². The number of hydrogen-bond donors (Lipinski definition) is 1. The van der Waals surface area contributed by atoms with Gasteiger partial charge in [-0.3, -0.25) is 9.59 Å². The normalized spacial score (nSPS) is 21.5. The number of halogens is 1. The minimum absolute atomic E-state index is 0.0920. The molecule has 0 saturated heterocycles. The monoisotopic (exact) mass is 233 g/mol. The van der Waals surface area contributed by atoms with Crippen LogP contribution in [-0.2, 0) is 15.0 Å². The van der Waals surface area contributed by atoms with Gasteiger partial charge in [-0.15, -0.1) is 0 Å². The number of rotatable bonds is 0. The van der Waals surface area contributed by atoms with E-state index in [0.29, 0.717) is 31.4 Å². The van der Waals surface area contributed by atoms with Crippen molar-refractivity contribution in [3.8, 4) is 0 Å². The Morgan fingerprint density at radius 3 is 2.59 bits per heavy atom. The molecule has 88 valence electrons. The van der Waals surface area contributed by atoms with Gasteiger partial charge in [-0.2, -0.15) is 0 Å². The average molecular weight is 233 g/mol. The zero-order chi connectivity index (χ0) is 12.0. The second-order valence-corrected chi connectivity index (χ2v) is 4.76. The van der Waals surface area contributed by atoms with Gasteiger partial charge in [0.15, 0.2) is 0 Å². The summed E-state index contributed by atoms with van der Waals surface area (Å²) in [6.07, 6.45) is 1.80. The molecule has 1 aliphatic carbocycles. The quantitative estimate of drug-likeness (QED) is 0.746. The molecule has 0 aromatic heterocycles. The van der Waals surface area contributed by atoms with Crippen LogP contribution in [0.1, 0.15) is 31.2 Å². The van der Waals surface area contributed by atoms with Crippen LogP contribution in [-0.4, -0.2) is 11.7 Å². The standard InChI is InChI=1S/C13H12FNO2/c14-8-1-2-11-10(7-8)13(12(17)15-11)5-3-9(16)4-6-13/h1-2,7H,3-6H2,(H,15,17). The lowest BCUT2D eigenvalue weighted by atomic mass is 9.70. The maximum atomic E-state index is 13.3. The Hall–Kier alpha value is -1.71. The van der Waals surface area contributed by atoms with Crippen LogP contribution in [0.15, 0.2) is 18.2 Å². The highest BCUT2D eigenvalue weighted by Crippen LogP contribution is 2.46. The summed E-state index contributed by atoms with van der Waals surface area (Å²) in [7, 11) is 0. The fourth-order valence-electron chi connectivity index (χ4n) is 2.84. The Bertz CT molecular complexity index is 514. The average Bonchev–Trinajstić information content (AvgIpc) is 2.57. The third kappa shape index (κ3) is 1.40. The summed E-state index contributed by atoms with van der Waals surface area (Å²) in [5.41, 5.74) is 0.728. The van der Waals surface area contributed by atoms with E-state index in [9.17, 15) is 14.0 Å². The van der Waals surface area contributed by atoms with E-state index in [1.807, 2.05) is 0 Å². The first kappa shape index (κ1) is 10.4. The van der Waals surface area contributed by atoms with Crippen LogP contribution >= 0.6 is 0 Å². The number of nitrogens with one attached hydrogen (secondary N) is 1. The van der Waals surface area contributed by atoms with E-state index < -0.39 is 5.41 Å². The topological polar surface area (TPSA) is 46.2 Å². The lowest BCUT2D eigenvalue weighted by Gasteiger charge is -2.30. The summed E-state index contributed by atoms with van der Waals surface area (Å²) in [5, 5.41) is 2.78. The summed E-state index contributed by atoms with van der Waals surface area (Å²) in [5.74, 6) is -0.240. The molecule has 3 rings (SSSR count). The molecule has 1 spiro atoms. The van der Waals surface area contributed by atoms with Gasteiger partial charge in [0.1, 0.15) is 11.6 Å². The number of carbonyl (C=O) groups excluding carboxylic acids is 2. The van der Waals surface area contributed by atoms with Gasteiger partial charge < -0.3 is 5.32 Å². The van der Waals surface area contributed by atoms with Gasteiger partial charge in [0.25, 0.3) is 0 Å². The van der Waals surface area contributed by atoms with Crippen molar-refractivity contribution >= 4 is 17.4 Å². The van der Waals surface area contributed by atoms with E-state index >= 15 is 0 Å². The molecular weight excluding hydrogens is 221 g/mol. The second-order valence-electron chi connectivity index (χ2n) is 4.76. The molecule has 1 aliphatic heterocycles. The zero-order valence-corrected chi connectivity index (χ0v) is 9.25. The molecule has 4 heteroatoms. The van der Waals surface area contributed by atoms with Gasteiger partial charge in [-0.05, 0) is 36.6 Å². The Balaban J connectivity index is 2.09. The van der Waals surface area contributed by atoms with Crippen molar-refractivity contribution in [3.63, 3.8) is 0 Å². The minimum atomic E-state index is -0.675. The molecule has 0 unspecified atom stereocenters. The Kier molecular flexibility index (Phi) is 2.08. The molecule has 0 bridgehead atoms. The zero-order valence-electron chi connectivity index (χ0n) is 9.25. The molecule has 17 heavy (non-hydrogen) atoms. The highest BCUT2D eigenvalue weighted by Gasteiger charge is 2.48. The van der Waals surface area contributed by atoms with Gasteiger partial charge >= 0.3 is 0 Å². The molecule has 1 heterocycles. The first-order chi connectivity index (χ1) is 8.12. The summed E-state index contributed by atoms with van der Waals surface area (Å²) < 4.78 is 13.3. The van der Waals surface area contributed by atoms with Crippen LogP contribution in [0.2, 0.25) is 0 Å². The number of hydrogen-bond acceptors (Lipinski definition) is 2. The predicted octanol–water partition coefficient (Wildman–Crippen LogP) is 2.16. The number of benzene rings is 1. The van der Waals surface area contributed by atoms with Gasteiger partial charge in [0.05, 0.1) is 5.41 Å². The SMILES string of the molecule is O=C1CCC2(CC1)C(=O)Nc1ccc(F)cc12. The van der Waals surface area contributed by atoms with E-state index in [1.165, 1.54) is 12.1 Å². The van der Waals surface area contributed by atoms with Crippen molar-refractivity contribution in [3.05, 3.63) is 29.6 Å². The Morgan fingerprint density at radius 2 is 1.88 bits per heavy atom. The summed E-state index contributed by atoms with van der Waals surface area (Å²) in [6, 6.07) is 4.35. The molecule has 0 radical (unpaired) electrons. The summed E-state index contributed by atoms with van der Waals surface area (Å²) in [4.78, 5) is 23.4. The number of fused-ring (bicyclic) bond motifs is 2. The smallest absolute Gasteiger partial charge is 0.235 e. The van der Waals surface area contributed by atoms with E-state index in [4.69, 9.17) is 0 Å². The summed E-state index contributed by atoms with van der Waals surface area (Å²) >= 11 is 0. The molecule has 3 nitrogen and oxygen atoms in total. The van der Waals surface area contributed by atoms with Crippen molar-refractivity contribution in [2.45, 2.75) is 31.1 Å². The van der Waals surface area contributed by atoms with Crippen molar-refractivity contribution < 1.29 is 14.0 Å². The van der Waals surface area contributed by atoms with E-state index in [-0.39, 0.29) is 17.5 Å². The highest BCUT2D eigenvalue weighted by atomic mass is 19.1. The second kappa shape index (κ2) is 3.39. The van der Waals surface area contributed by atoms with Crippen molar-refractivity contribution in [2.75, 3.05) is 5.32 Å². The van der Waals surface area contributed by atoms with Gasteiger partial charge in [0.2, 0.25) is 5.91 Å². The minimum Gasteiger partial charge on any atom is -0.325 e. The number of Topliss-reactive ketones (excluding diaryl/α,β-unsaturated/α-hetero) is 1. The van der Waals surface area contributed by atoms with Crippen molar-refractivity contribution in [1.29, 1.82) is 0 Å². The Labute approximate surface area is 98.0 Å². The highest BCUT2D eigenvalue weighted by molar-refractivity contribution is 6.07. The number of anilines is 1. The third-order valence-corrected chi connectivity index (χ3v) is 3.84. The maximum absolute atomic E-state index is 13.3. The number of amides is 1. The molecule has 1 aromatic rings. The number of carbonyl (C=O) groups is 2. The predicted molar refractivity (Wildman–Crippen MR) is 60.2 cm³/mol. The van der Waals surface area contributed by atoms with Crippen LogP contribution in [0, 0.1) is 5.82 Å². The lowest BCUT2D eigenvalue weighted by Crippen LogP contribution is -2.38. The largest absolute Gasteiger partial charge is 0.325 e. The Morgan fingerprint density at radius 1 is 1.18 bits per heavy atom. The van der Waals surface area contributed by atoms with Crippen LogP contribution in [0.4, 0.5) is 10.1 Å². The molecule has 1 fully saturated rings. The van der Waals surface area contributed by atoms with E-state index in [1.54, 1.807) is 6.07 Å². The van der Waals surface area contributed by atoms with Crippen LogP contribution < -0.4 is 5.32 Å².